The SMILES string of the molecule is CC(CNC1CCc2cc(F)ccc21)S(C)=O. The molecule has 94 valence electrons. The van der Waals surface area contributed by atoms with Crippen LogP contribution in [0.25, 0.3) is 0 Å². The van der Waals surface area contributed by atoms with E-state index in [-0.39, 0.29) is 17.1 Å². The van der Waals surface area contributed by atoms with E-state index < -0.39 is 10.8 Å². The molecule has 2 nitrogen and oxygen atoms in total. The molecular weight excluding hydrogens is 237 g/mol. The Balaban J connectivity index is 2.00. The van der Waals surface area contributed by atoms with Gasteiger partial charge in [-0.1, -0.05) is 6.07 Å². The zero-order chi connectivity index (χ0) is 12.4. The van der Waals surface area contributed by atoms with Crippen LogP contribution in [0.2, 0.25) is 0 Å². The molecule has 0 spiro atoms. The Kier molecular flexibility index (Phi) is 3.94. The summed E-state index contributed by atoms with van der Waals surface area (Å²) in [5.74, 6) is -0.160. The van der Waals surface area contributed by atoms with E-state index in [4.69, 9.17) is 0 Å². The lowest BCUT2D eigenvalue weighted by Gasteiger charge is -2.16. The molecule has 17 heavy (non-hydrogen) atoms. The van der Waals surface area contributed by atoms with Gasteiger partial charge in [0.25, 0.3) is 0 Å². The predicted molar refractivity (Wildman–Crippen MR) is 69.0 cm³/mol. The van der Waals surface area contributed by atoms with Gasteiger partial charge < -0.3 is 5.32 Å². The second-order valence-corrected chi connectivity index (χ2v) is 6.45. The summed E-state index contributed by atoms with van der Waals surface area (Å²) >= 11 is 0. The van der Waals surface area contributed by atoms with Crippen LogP contribution in [0.5, 0.6) is 0 Å². The Morgan fingerprint density at radius 2 is 2.35 bits per heavy atom. The molecule has 0 aromatic heterocycles. The van der Waals surface area contributed by atoms with Gasteiger partial charge in [-0.3, -0.25) is 4.21 Å². The summed E-state index contributed by atoms with van der Waals surface area (Å²) in [6.07, 6.45) is 3.65. The second kappa shape index (κ2) is 5.27. The predicted octanol–water partition coefficient (Wildman–Crippen LogP) is 2.17. The summed E-state index contributed by atoms with van der Waals surface area (Å²) in [5, 5.41) is 3.58. The monoisotopic (exact) mass is 255 g/mol. The largest absolute Gasteiger partial charge is 0.309 e. The molecule has 1 N–H and O–H groups in total. The van der Waals surface area contributed by atoms with Gasteiger partial charge in [-0.2, -0.15) is 0 Å². The van der Waals surface area contributed by atoms with E-state index in [1.165, 1.54) is 11.6 Å². The van der Waals surface area contributed by atoms with Crippen LogP contribution in [0.1, 0.15) is 30.5 Å². The fourth-order valence-corrected chi connectivity index (χ4v) is 2.55. The van der Waals surface area contributed by atoms with Crippen molar-refractivity contribution >= 4 is 10.8 Å². The minimum atomic E-state index is -0.794. The Hall–Kier alpha value is -0.740. The maximum atomic E-state index is 13.0. The highest BCUT2D eigenvalue weighted by atomic mass is 32.2. The van der Waals surface area contributed by atoms with Gasteiger partial charge in [-0.05, 0) is 43.0 Å². The number of halogens is 1. The van der Waals surface area contributed by atoms with Crippen molar-refractivity contribution in [2.45, 2.75) is 31.1 Å². The molecule has 1 aromatic carbocycles. The molecule has 0 saturated heterocycles. The lowest BCUT2D eigenvalue weighted by molar-refractivity contribution is 0.529. The molecule has 0 saturated carbocycles. The van der Waals surface area contributed by atoms with Crippen molar-refractivity contribution in [2.24, 2.45) is 0 Å². The van der Waals surface area contributed by atoms with Gasteiger partial charge in [0.05, 0.1) is 0 Å². The van der Waals surface area contributed by atoms with Crippen molar-refractivity contribution in [1.82, 2.24) is 5.32 Å². The minimum Gasteiger partial charge on any atom is -0.309 e. The topological polar surface area (TPSA) is 29.1 Å². The molecule has 0 radical (unpaired) electrons. The number of aryl methyl sites for hydroxylation is 1. The Labute approximate surface area is 104 Å². The molecule has 0 bridgehead atoms. The van der Waals surface area contributed by atoms with Gasteiger partial charge in [0.15, 0.2) is 0 Å². The molecule has 0 fully saturated rings. The van der Waals surface area contributed by atoms with Gasteiger partial charge in [0, 0.05) is 34.9 Å². The van der Waals surface area contributed by atoms with E-state index in [2.05, 4.69) is 5.32 Å². The highest BCUT2D eigenvalue weighted by Gasteiger charge is 2.22. The third kappa shape index (κ3) is 2.93. The zero-order valence-electron chi connectivity index (χ0n) is 10.2. The van der Waals surface area contributed by atoms with Crippen LogP contribution in [0.3, 0.4) is 0 Å². The summed E-state index contributed by atoms with van der Waals surface area (Å²) in [4.78, 5) is 0. The zero-order valence-corrected chi connectivity index (χ0v) is 11.0. The molecule has 0 aliphatic heterocycles. The Morgan fingerprint density at radius 3 is 3.06 bits per heavy atom. The fourth-order valence-electron chi connectivity index (χ4n) is 2.22. The van der Waals surface area contributed by atoms with Gasteiger partial charge >= 0.3 is 0 Å². The lowest BCUT2D eigenvalue weighted by atomic mass is 10.1. The van der Waals surface area contributed by atoms with Crippen molar-refractivity contribution in [3.63, 3.8) is 0 Å². The van der Waals surface area contributed by atoms with Crippen molar-refractivity contribution in [3.05, 3.63) is 35.1 Å². The molecule has 1 aliphatic carbocycles. The second-order valence-electron chi connectivity index (χ2n) is 4.65. The smallest absolute Gasteiger partial charge is 0.123 e. The first-order valence-electron chi connectivity index (χ1n) is 5.92. The van der Waals surface area contributed by atoms with E-state index >= 15 is 0 Å². The van der Waals surface area contributed by atoms with E-state index in [0.717, 1.165) is 24.9 Å². The Morgan fingerprint density at radius 1 is 1.59 bits per heavy atom. The van der Waals surface area contributed by atoms with E-state index in [1.54, 1.807) is 12.3 Å². The average Bonchev–Trinajstić information content (AvgIpc) is 2.67. The van der Waals surface area contributed by atoms with E-state index in [1.807, 2.05) is 13.0 Å². The molecule has 2 rings (SSSR count). The van der Waals surface area contributed by atoms with Crippen LogP contribution in [0.15, 0.2) is 18.2 Å². The van der Waals surface area contributed by atoms with Crippen molar-refractivity contribution in [1.29, 1.82) is 0 Å². The van der Waals surface area contributed by atoms with Crippen LogP contribution in [0.4, 0.5) is 4.39 Å². The number of hydrogen-bond acceptors (Lipinski definition) is 2. The highest BCUT2D eigenvalue weighted by molar-refractivity contribution is 7.84. The van der Waals surface area contributed by atoms with Crippen molar-refractivity contribution in [2.75, 3.05) is 12.8 Å². The van der Waals surface area contributed by atoms with Gasteiger partial charge in [0.2, 0.25) is 0 Å². The van der Waals surface area contributed by atoms with Crippen LogP contribution in [-0.4, -0.2) is 22.3 Å². The Bertz CT molecular complexity index is 435. The molecule has 0 amide bonds. The lowest BCUT2D eigenvalue weighted by Crippen LogP contribution is -2.30. The summed E-state index contributed by atoms with van der Waals surface area (Å²) < 4.78 is 24.3. The maximum absolute atomic E-state index is 13.0. The average molecular weight is 255 g/mol. The van der Waals surface area contributed by atoms with E-state index in [9.17, 15) is 8.60 Å². The van der Waals surface area contributed by atoms with Crippen LogP contribution in [-0.2, 0) is 17.2 Å². The van der Waals surface area contributed by atoms with Crippen molar-refractivity contribution < 1.29 is 8.60 Å². The molecule has 0 heterocycles. The quantitative estimate of drug-likeness (QED) is 0.893. The summed E-state index contributed by atoms with van der Waals surface area (Å²) in [5.41, 5.74) is 2.30. The molecule has 1 aromatic rings. The first kappa shape index (κ1) is 12.7. The van der Waals surface area contributed by atoms with Gasteiger partial charge in [-0.25, -0.2) is 4.39 Å². The summed E-state index contributed by atoms with van der Waals surface area (Å²) in [6.45, 7) is 2.72. The molecular formula is C13H18FNOS. The summed E-state index contributed by atoms with van der Waals surface area (Å²) in [6, 6.07) is 5.29. The highest BCUT2D eigenvalue weighted by Crippen LogP contribution is 2.31. The molecule has 4 heteroatoms. The van der Waals surface area contributed by atoms with Gasteiger partial charge in [-0.15, -0.1) is 0 Å². The van der Waals surface area contributed by atoms with Crippen LogP contribution < -0.4 is 5.32 Å². The minimum absolute atomic E-state index is 0.152. The third-order valence-corrected chi connectivity index (χ3v) is 4.70. The number of benzene rings is 1. The van der Waals surface area contributed by atoms with Gasteiger partial charge in [0.1, 0.15) is 5.82 Å². The number of fused-ring (bicyclic) bond motifs is 1. The molecule has 3 atom stereocenters. The standard InChI is InChI=1S/C13H18FNOS/c1-9(17(2)16)8-15-13-6-3-10-7-11(14)4-5-12(10)13/h4-5,7,9,13,15H,3,6,8H2,1-2H3. The number of hydrogen-bond donors (Lipinski definition) is 1. The van der Waals surface area contributed by atoms with Crippen LogP contribution in [0, 0.1) is 5.82 Å². The molecule has 1 aliphatic rings. The first-order valence-corrected chi connectivity index (χ1v) is 7.54. The number of rotatable bonds is 4. The first-order chi connectivity index (χ1) is 8.08. The van der Waals surface area contributed by atoms with Crippen LogP contribution >= 0.6 is 0 Å². The third-order valence-electron chi connectivity index (χ3n) is 3.40. The fraction of sp³-hybridized carbons (Fsp3) is 0.538. The van der Waals surface area contributed by atoms with Crippen molar-refractivity contribution in [3.8, 4) is 0 Å². The number of nitrogens with one attached hydrogen (secondary N) is 1. The maximum Gasteiger partial charge on any atom is 0.123 e. The normalized spacial score (nSPS) is 22.2. The van der Waals surface area contributed by atoms with E-state index in [0.29, 0.717) is 0 Å². The molecule has 3 unspecified atom stereocenters. The summed E-state index contributed by atoms with van der Waals surface area (Å²) in [7, 11) is -0.794.